The van der Waals surface area contributed by atoms with Gasteiger partial charge in [0.15, 0.2) is 11.5 Å². The van der Waals surface area contributed by atoms with E-state index in [0.29, 0.717) is 6.42 Å². The normalized spacial score (nSPS) is 11.6. The topological polar surface area (TPSA) is 66.5 Å². The van der Waals surface area contributed by atoms with Gasteiger partial charge in [-0.05, 0) is 31.0 Å². The van der Waals surface area contributed by atoms with Crippen LogP contribution in [0, 0.1) is 0 Å². The van der Waals surface area contributed by atoms with Crippen molar-refractivity contribution in [3.63, 3.8) is 0 Å². The summed E-state index contributed by atoms with van der Waals surface area (Å²) in [7, 11) is 0. The van der Waals surface area contributed by atoms with Crippen molar-refractivity contribution in [1.29, 1.82) is 0 Å². The molecule has 1 aromatic carbocycles. The summed E-state index contributed by atoms with van der Waals surface area (Å²) in [6.45, 7) is 5.67. The van der Waals surface area contributed by atoms with Crippen LogP contribution in [-0.2, 0) is 0 Å². The number of aromatic hydroxyl groups is 2. The molecule has 0 aliphatic heterocycles. The van der Waals surface area contributed by atoms with Crippen LogP contribution in [0.1, 0.15) is 24.9 Å². The highest BCUT2D eigenvalue weighted by Gasteiger charge is 2.08. The molecule has 1 rings (SSSR count). The minimum absolute atomic E-state index is 0. The largest absolute Gasteiger partial charge is 0.504 e. The summed E-state index contributed by atoms with van der Waals surface area (Å²) in [6, 6.07) is 4.42. The molecule has 4 N–H and O–H groups in total. The van der Waals surface area contributed by atoms with Crippen molar-refractivity contribution in [3.8, 4) is 11.5 Å². The second kappa shape index (κ2) is 5.63. The van der Waals surface area contributed by atoms with Gasteiger partial charge in [-0.3, -0.25) is 0 Å². The van der Waals surface area contributed by atoms with Gasteiger partial charge in [0.25, 0.3) is 0 Å². The van der Waals surface area contributed by atoms with Crippen molar-refractivity contribution in [1.82, 2.24) is 0 Å². The van der Waals surface area contributed by atoms with E-state index in [2.05, 4.69) is 6.58 Å². The maximum absolute atomic E-state index is 9.26. The van der Waals surface area contributed by atoms with Gasteiger partial charge in [0.1, 0.15) is 0 Å². The number of phenolic OH excluding ortho intramolecular Hbond substituents is 2. The van der Waals surface area contributed by atoms with E-state index in [9.17, 15) is 5.11 Å². The molecule has 0 amide bonds. The lowest BCUT2D eigenvalue weighted by Gasteiger charge is -2.12. The highest BCUT2D eigenvalue weighted by atomic mass is 35.5. The van der Waals surface area contributed by atoms with Gasteiger partial charge in [-0.2, -0.15) is 0 Å². The molecule has 0 spiro atoms. The standard InChI is InChI=1S/C11H15NO2.ClH/c1-7(2)5-9(12)8-3-4-10(13)11(14)6-8;/h3-4,6,9,13-14H,1,5,12H2,2H3;1H/t9-;/m0./s1. The molecule has 0 aliphatic carbocycles. The molecule has 0 heterocycles. The second-order valence-electron chi connectivity index (χ2n) is 3.52. The van der Waals surface area contributed by atoms with Gasteiger partial charge >= 0.3 is 0 Å². The minimum atomic E-state index is -0.181. The van der Waals surface area contributed by atoms with Gasteiger partial charge in [-0.25, -0.2) is 0 Å². The highest BCUT2D eigenvalue weighted by molar-refractivity contribution is 5.85. The minimum Gasteiger partial charge on any atom is -0.504 e. The number of halogens is 1. The zero-order valence-electron chi connectivity index (χ0n) is 8.60. The quantitative estimate of drug-likeness (QED) is 0.551. The second-order valence-corrected chi connectivity index (χ2v) is 3.52. The third kappa shape index (κ3) is 3.81. The first-order valence-electron chi connectivity index (χ1n) is 4.42. The van der Waals surface area contributed by atoms with Crippen LogP contribution >= 0.6 is 12.4 Å². The summed E-state index contributed by atoms with van der Waals surface area (Å²) >= 11 is 0. The highest BCUT2D eigenvalue weighted by Crippen LogP contribution is 2.28. The molecule has 1 aromatic rings. The van der Waals surface area contributed by atoms with Crippen molar-refractivity contribution >= 4 is 12.4 Å². The summed E-state index contributed by atoms with van der Waals surface area (Å²) in [5, 5.41) is 18.4. The van der Waals surface area contributed by atoms with Crippen LogP contribution in [0.2, 0.25) is 0 Å². The van der Waals surface area contributed by atoms with Crippen LogP contribution in [0.4, 0.5) is 0 Å². The van der Waals surface area contributed by atoms with Gasteiger partial charge < -0.3 is 15.9 Å². The van der Waals surface area contributed by atoms with Gasteiger partial charge in [0, 0.05) is 6.04 Å². The van der Waals surface area contributed by atoms with E-state index >= 15 is 0 Å². The lowest BCUT2D eigenvalue weighted by Crippen LogP contribution is -2.10. The average molecular weight is 230 g/mol. The molecule has 1 atom stereocenters. The summed E-state index contributed by atoms with van der Waals surface area (Å²) in [5.41, 5.74) is 7.65. The molecule has 4 heteroatoms. The van der Waals surface area contributed by atoms with E-state index in [0.717, 1.165) is 11.1 Å². The lowest BCUT2D eigenvalue weighted by atomic mass is 10.0. The summed E-state index contributed by atoms with van der Waals surface area (Å²) in [4.78, 5) is 0. The fraction of sp³-hybridized carbons (Fsp3) is 0.273. The predicted molar refractivity (Wildman–Crippen MR) is 63.4 cm³/mol. The van der Waals surface area contributed by atoms with Crippen molar-refractivity contribution in [2.24, 2.45) is 5.73 Å². The summed E-state index contributed by atoms with van der Waals surface area (Å²) < 4.78 is 0. The van der Waals surface area contributed by atoms with Crippen molar-refractivity contribution < 1.29 is 10.2 Å². The van der Waals surface area contributed by atoms with Crippen LogP contribution in [0.3, 0.4) is 0 Å². The molecular formula is C11H16ClNO2. The number of nitrogens with two attached hydrogens (primary N) is 1. The maximum Gasteiger partial charge on any atom is 0.157 e. The van der Waals surface area contributed by atoms with Crippen LogP contribution in [-0.4, -0.2) is 10.2 Å². The smallest absolute Gasteiger partial charge is 0.157 e. The first kappa shape index (κ1) is 13.8. The zero-order valence-corrected chi connectivity index (χ0v) is 9.42. The molecule has 84 valence electrons. The number of hydrogen-bond acceptors (Lipinski definition) is 3. The van der Waals surface area contributed by atoms with Crippen LogP contribution in [0.15, 0.2) is 30.4 Å². The molecule has 0 saturated carbocycles. The van der Waals surface area contributed by atoms with E-state index < -0.39 is 0 Å². The molecule has 0 bridgehead atoms. The van der Waals surface area contributed by atoms with E-state index in [-0.39, 0.29) is 29.9 Å². The lowest BCUT2D eigenvalue weighted by molar-refractivity contribution is 0.402. The van der Waals surface area contributed by atoms with Gasteiger partial charge in [0.05, 0.1) is 0 Å². The molecule has 0 unspecified atom stereocenters. The van der Waals surface area contributed by atoms with Crippen molar-refractivity contribution in [2.45, 2.75) is 19.4 Å². The Labute approximate surface area is 95.6 Å². The Hall–Kier alpha value is -1.19. The molecule has 3 nitrogen and oxygen atoms in total. The van der Waals surface area contributed by atoms with Crippen LogP contribution in [0.5, 0.6) is 11.5 Å². The number of benzene rings is 1. The van der Waals surface area contributed by atoms with Gasteiger partial charge in [-0.15, -0.1) is 19.0 Å². The molecular weight excluding hydrogens is 214 g/mol. The summed E-state index contributed by atoms with van der Waals surface area (Å²) in [5.74, 6) is -0.268. The van der Waals surface area contributed by atoms with Crippen molar-refractivity contribution in [2.75, 3.05) is 0 Å². The monoisotopic (exact) mass is 229 g/mol. The number of hydrogen-bond donors (Lipinski definition) is 3. The van der Waals surface area contributed by atoms with E-state index in [1.54, 1.807) is 6.07 Å². The third-order valence-corrected chi connectivity index (χ3v) is 2.00. The molecule has 0 radical (unpaired) electrons. The predicted octanol–water partition coefficient (Wildman–Crippen LogP) is 2.49. The third-order valence-electron chi connectivity index (χ3n) is 2.00. The Kier molecular flexibility index (Phi) is 5.19. The number of rotatable bonds is 3. The fourth-order valence-corrected chi connectivity index (χ4v) is 1.26. The fourth-order valence-electron chi connectivity index (χ4n) is 1.26. The van der Waals surface area contributed by atoms with E-state index in [1.807, 2.05) is 6.92 Å². The van der Waals surface area contributed by atoms with Crippen LogP contribution < -0.4 is 5.73 Å². The van der Waals surface area contributed by atoms with E-state index in [1.165, 1.54) is 12.1 Å². The maximum atomic E-state index is 9.26. The molecule has 0 saturated heterocycles. The van der Waals surface area contributed by atoms with Gasteiger partial charge in [0.2, 0.25) is 0 Å². The van der Waals surface area contributed by atoms with Crippen LogP contribution in [0.25, 0.3) is 0 Å². The first-order valence-corrected chi connectivity index (χ1v) is 4.42. The Balaban J connectivity index is 0.00000196. The van der Waals surface area contributed by atoms with Crippen molar-refractivity contribution in [3.05, 3.63) is 35.9 Å². The summed E-state index contributed by atoms with van der Waals surface area (Å²) in [6.07, 6.45) is 0.671. The molecule has 0 aromatic heterocycles. The molecule has 0 aliphatic rings. The number of phenols is 2. The van der Waals surface area contributed by atoms with E-state index in [4.69, 9.17) is 10.8 Å². The first-order chi connectivity index (χ1) is 6.50. The Morgan fingerprint density at radius 1 is 1.40 bits per heavy atom. The Bertz CT molecular complexity index is 352. The Morgan fingerprint density at radius 3 is 2.47 bits per heavy atom. The Morgan fingerprint density at radius 2 is 2.00 bits per heavy atom. The van der Waals surface area contributed by atoms with Gasteiger partial charge in [-0.1, -0.05) is 11.6 Å². The average Bonchev–Trinajstić information content (AvgIpc) is 2.08. The molecule has 0 fully saturated rings. The SMILES string of the molecule is C=C(C)C[C@H](N)c1ccc(O)c(O)c1.Cl. The molecule has 15 heavy (non-hydrogen) atoms. The zero-order chi connectivity index (χ0) is 10.7.